The highest BCUT2D eigenvalue weighted by Gasteiger charge is 2.34. The van der Waals surface area contributed by atoms with E-state index in [0.29, 0.717) is 12.1 Å². The summed E-state index contributed by atoms with van der Waals surface area (Å²) in [5.41, 5.74) is 1.41. The fourth-order valence-corrected chi connectivity index (χ4v) is 2.47. The molecule has 23 heavy (non-hydrogen) atoms. The Morgan fingerprint density at radius 2 is 1.96 bits per heavy atom. The number of carbonyl (C=O) groups is 1. The van der Waals surface area contributed by atoms with E-state index in [1.165, 1.54) is 12.1 Å². The third-order valence-corrected chi connectivity index (χ3v) is 3.87. The lowest BCUT2D eigenvalue weighted by Crippen LogP contribution is -2.33. The second-order valence-electron chi connectivity index (χ2n) is 5.64. The highest BCUT2D eigenvalue weighted by molar-refractivity contribution is 5.95. The van der Waals surface area contributed by atoms with Crippen molar-refractivity contribution >= 4 is 5.91 Å². The smallest absolute Gasteiger partial charge is 0.257 e. The van der Waals surface area contributed by atoms with Crippen LogP contribution in [-0.2, 0) is 6.54 Å². The number of aromatic hydroxyl groups is 1. The quantitative estimate of drug-likeness (QED) is 0.943. The van der Waals surface area contributed by atoms with Gasteiger partial charge in [-0.05, 0) is 42.7 Å². The van der Waals surface area contributed by atoms with Crippen LogP contribution in [0.4, 0.5) is 4.39 Å². The molecule has 0 radical (unpaired) electrons. The summed E-state index contributed by atoms with van der Waals surface area (Å²) in [6, 6.07) is 12.7. The van der Waals surface area contributed by atoms with Gasteiger partial charge in [0.25, 0.3) is 5.91 Å². The van der Waals surface area contributed by atoms with E-state index in [1.54, 1.807) is 29.2 Å². The molecule has 3 rings (SSSR count). The van der Waals surface area contributed by atoms with Gasteiger partial charge in [-0.25, -0.2) is 4.39 Å². The van der Waals surface area contributed by atoms with Crippen molar-refractivity contribution in [1.29, 1.82) is 5.26 Å². The van der Waals surface area contributed by atoms with Gasteiger partial charge in [-0.3, -0.25) is 4.79 Å². The largest absolute Gasteiger partial charge is 0.508 e. The van der Waals surface area contributed by atoms with Crippen LogP contribution in [0.2, 0.25) is 0 Å². The predicted molar refractivity (Wildman–Crippen MR) is 82.1 cm³/mol. The number of hydrogen-bond acceptors (Lipinski definition) is 3. The molecular formula is C18H15FN2O2. The number of nitriles is 1. The Labute approximate surface area is 133 Å². The lowest BCUT2D eigenvalue weighted by Gasteiger charge is -2.23. The molecule has 1 N–H and O–H groups in total. The first-order valence-corrected chi connectivity index (χ1v) is 7.37. The lowest BCUT2D eigenvalue weighted by molar-refractivity contribution is 0.0725. The fraction of sp³-hybridized carbons (Fsp3) is 0.222. The van der Waals surface area contributed by atoms with Crippen molar-refractivity contribution in [2.24, 2.45) is 0 Å². The van der Waals surface area contributed by atoms with Gasteiger partial charge in [0, 0.05) is 18.7 Å². The standard InChI is InChI=1S/C18H15FN2O2/c19-17-9-15(22)7-8-16(17)18(23)21(14-5-6-14)11-13-3-1-12(10-20)2-4-13/h1-4,7-9,14,22H,5-6,11H2. The minimum atomic E-state index is -0.722. The molecule has 1 amide bonds. The molecule has 0 atom stereocenters. The molecule has 5 heteroatoms. The second-order valence-corrected chi connectivity index (χ2v) is 5.64. The number of amides is 1. The van der Waals surface area contributed by atoms with Crippen LogP contribution in [0.15, 0.2) is 42.5 Å². The van der Waals surface area contributed by atoms with E-state index in [9.17, 15) is 14.3 Å². The molecule has 0 aromatic heterocycles. The van der Waals surface area contributed by atoms with E-state index < -0.39 is 5.82 Å². The van der Waals surface area contributed by atoms with Crippen LogP contribution in [0.1, 0.15) is 34.3 Å². The van der Waals surface area contributed by atoms with Gasteiger partial charge in [0.1, 0.15) is 11.6 Å². The zero-order valence-electron chi connectivity index (χ0n) is 12.4. The maximum atomic E-state index is 13.9. The third kappa shape index (κ3) is 3.32. The summed E-state index contributed by atoms with van der Waals surface area (Å²) >= 11 is 0. The van der Waals surface area contributed by atoms with Crippen molar-refractivity contribution in [3.63, 3.8) is 0 Å². The average molecular weight is 310 g/mol. The summed E-state index contributed by atoms with van der Waals surface area (Å²) in [6.07, 6.45) is 1.81. The highest BCUT2D eigenvalue weighted by atomic mass is 19.1. The molecule has 0 unspecified atom stereocenters. The van der Waals surface area contributed by atoms with E-state index in [-0.39, 0.29) is 23.3 Å². The number of hydrogen-bond donors (Lipinski definition) is 1. The Balaban J connectivity index is 1.83. The highest BCUT2D eigenvalue weighted by Crippen LogP contribution is 2.30. The van der Waals surface area contributed by atoms with Crippen LogP contribution in [0.25, 0.3) is 0 Å². The van der Waals surface area contributed by atoms with Crippen LogP contribution >= 0.6 is 0 Å². The molecule has 4 nitrogen and oxygen atoms in total. The molecule has 0 saturated heterocycles. The van der Waals surface area contributed by atoms with Crippen molar-refractivity contribution in [2.75, 3.05) is 0 Å². The number of benzene rings is 2. The summed E-state index contributed by atoms with van der Waals surface area (Å²) in [6.45, 7) is 0.371. The van der Waals surface area contributed by atoms with Gasteiger partial charge in [-0.15, -0.1) is 0 Å². The SMILES string of the molecule is N#Cc1ccc(CN(C(=O)c2ccc(O)cc2F)C2CC2)cc1. The number of nitrogens with zero attached hydrogens (tertiary/aromatic N) is 2. The molecule has 2 aromatic rings. The van der Waals surface area contributed by atoms with Crippen molar-refractivity contribution in [3.05, 3.63) is 65.0 Å². The van der Waals surface area contributed by atoms with E-state index >= 15 is 0 Å². The molecular weight excluding hydrogens is 295 g/mol. The van der Waals surface area contributed by atoms with Gasteiger partial charge in [-0.2, -0.15) is 5.26 Å². The number of phenolic OH excluding ortho intramolecular Hbond substituents is 1. The molecule has 116 valence electrons. The second kappa shape index (κ2) is 6.09. The van der Waals surface area contributed by atoms with E-state index in [4.69, 9.17) is 5.26 Å². The van der Waals surface area contributed by atoms with Crippen molar-refractivity contribution in [2.45, 2.75) is 25.4 Å². The number of rotatable bonds is 4. The minimum absolute atomic E-state index is 0.0386. The average Bonchev–Trinajstić information content (AvgIpc) is 3.37. The Morgan fingerprint density at radius 3 is 2.52 bits per heavy atom. The van der Waals surface area contributed by atoms with Crippen LogP contribution in [0.3, 0.4) is 0 Å². The van der Waals surface area contributed by atoms with Crippen LogP contribution in [0.5, 0.6) is 5.75 Å². The molecule has 0 aliphatic heterocycles. The van der Waals surface area contributed by atoms with Gasteiger partial charge in [0.2, 0.25) is 0 Å². The molecule has 1 fully saturated rings. The fourth-order valence-electron chi connectivity index (χ4n) is 2.47. The van der Waals surface area contributed by atoms with E-state index in [0.717, 1.165) is 24.5 Å². The summed E-state index contributed by atoms with van der Waals surface area (Å²) in [7, 11) is 0. The summed E-state index contributed by atoms with van der Waals surface area (Å²) < 4.78 is 13.9. The van der Waals surface area contributed by atoms with Gasteiger partial charge >= 0.3 is 0 Å². The maximum absolute atomic E-state index is 13.9. The monoisotopic (exact) mass is 310 g/mol. The Kier molecular flexibility index (Phi) is 3.98. The third-order valence-electron chi connectivity index (χ3n) is 3.87. The first-order valence-electron chi connectivity index (χ1n) is 7.37. The van der Waals surface area contributed by atoms with Crippen molar-refractivity contribution in [3.8, 4) is 11.8 Å². The minimum Gasteiger partial charge on any atom is -0.508 e. The first kappa shape index (κ1) is 15.0. The molecule has 0 bridgehead atoms. The lowest BCUT2D eigenvalue weighted by atomic mass is 10.1. The predicted octanol–water partition coefficient (Wildman–Crippen LogP) is 3.21. The van der Waals surface area contributed by atoms with Crippen LogP contribution in [-0.4, -0.2) is 22.0 Å². The zero-order valence-corrected chi connectivity index (χ0v) is 12.4. The number of carbonyl (C=O) groups excluding carboxylic acids is 1. The number of halogens is 1. The van der Waals surface area contributed by atoms with Crippen molar-refractivity contribution < 1.29 is 14.3 Å². The van der Waals surface area contributed by atoms with Crippen molar-refractivity contribution in [1.82, 2.24) is 4.90 Å². The molecule has 1 aliphatic carbocycles. The first-order chi connectivity index (χ1) is 11.1. The molecule has 2 aromatic carbocycles. The summed E-state index contributed by atoms with van der Waals surface area (Å²) in [4.78, 5) is 14.3. The topological polar surface area (TPSA) is 64.3 Å². The maximum Gasteiger partial charge on any atom is 0.257 e. The van der Waals surface area contributed by atoms with Gasteiger partial charge in [-0.1, -0.05) is 12.1 Å². The van der Waals surface area contributed by atoms with E-state index in [1.807, 2.05) is 0 Å². The van der Waals surface area contributed by atoms with Gasteiger partial charge in [0.05, 0.1) is 17.2 Å². The van der Waals surface area contributed by atoms with Gasteiger partial charge in [0.15, 0.2) is 0 Å². The Bertz CT molecular complexity index is 777. The Morgan fingerprint density at radius 1 is 1.26 bits per heavy atom. The summed E-state index contributed by atoms with van der Waals surface area (Å²) in [5, 5.41) is 18.1. The van der Waals surface area contributed by atoms with Crippen LogP contribution in [0, 0.1) is 17.1 Å². The van der Waals surface area contributed by atoms with Gasteiger partial charge < -0.3 is 10.0 Å². The van der Waals surface area contributed by atoms with E-state index in [2.05, 4.69) is 6.07 Å². The molecule has 1 saturated carbocycles. The normalized spacial score (nSPS) is 13.4. The zero-order chi connectivity index (χ0) is 16.4. The summed E-state index contributed by atoms with van der Waals surface area (Å²) in [5.74, 6) is -1.31. The Hall–Kier alpha value is -2.87. The van der Waals surface area contributed by atoms with Crippen LogP contribution < -0.4 is 0 Å². The molecule has 1 aliphatic rings. The molecule has 0 spiro atoms. The number of phenols is 1. The molecule has 0 heterocycles.